The molecule has 0 heterocycles. The Labute approximate surface area is 95.7 Å². The summed E-state index contributed by atoms with van der Waals surface area (Å²) in [5.41, 5.74) is 5.99. The molecule has 0 saturated heterocycles. The maximum atomic E-state index is 13.7. The van der Waals surface area contributed by atoms with E-state index >= 15 is 0 Å². The van der Waals surface area contributed by atoms with Crippen LogP contribution < -0.4 is 5.73 Å². The molecule has 0 fully saturated rings. The van der Waals surface area contributed by atoms with Crippen molar-refractivity contribution in [2.45, 2.75) is 45.1 Å². The van der Waals surface area contributed by atoms with Gasteiger partial charge in [0, 0.05) is 17.2 Å². The van der Waals surface area contributed by atoms with Crippen LogP contribution in [0.15, 0.2) is 18.2 Å². The second-order valence-corrected chi connectivity index (χ2v) is 4.28. The number of rotatable bonds is 5. The monoisotopic (exact) mass is 227 g/mol. The molecule has 1 nitrogen and oxygen atoms in total. The van der Waals surface area contributed by atoms with Gasteiger partial charge in [0.15, 0.2) is 0 Å². The Bertz CT molecular complexity index is 344. The fourth-order valence-electron chi connectivity index (χ4n) is 2.18. The zero-order valence-corrected chi connectivity index (χ0v) is 9.89. The van der Waals surface area contributed by atoms with Crippen molar-refractivity contribution in [3.63, 3.8) is 0 Å². The zero-order valence-electron chi connectivity index (χ0n) is 9.89. The quantitative estimate of drug-likeness (QED) is 0.815. The molecule has 0 atom stereocenters. The molecule has 0 aliphatic carbocycles. The highest BCUT2D eigenvalue weighted by molar-refractivity contribution is 5.26. The molecular weight excluding hydrogens is 208 g/mol. The van der Waals surface area contributed by atoms with Crippen LogP contribution in [-0.2, 0) is 5.54 Å². The van der Waals surface area contributed by atoms with Crippen molar-refractivity contribution >= 4 is 0 Å². The van der Waals surface area contributed by atoms with Gasteiger partial charge in [0.2, 0.25) is 0 Å². The molecule has 16 heavy (non-hydrogen) atoms. The normalized spacial score (nSPS) is 11.8. The summed E-state index contributed by atoms with van der Waals surface area (Å²) in [5.74, 6) is -1.10. The molecule has 3 heteroatoms. The van der Waals surface area contributed by atoms with Crippen LogP contribution in [0.5, 0.6) is 0 Å². The molecule has 1 aromatic rings. The SMILES string of the molecule is CCCC(N)(CCC)c1ccc(F)cc1F. The standard InChI is InChI=1S/C13H19F2N/c1-3-7-13(16,8-4-2)11-6-5-10(14)9-12(11)15/h5-6,9H,3-4,7-8,16H2,1-2H3. The first-order valence-corrected chi connectivity index (χ1v) is 5.78. The van der Waals surface area contributed by atoms with Gasteiger partial charge in [-0.25, -0.2) is 8.78 Å². The fraction of sp³-hybridized carbons (Fsp3) is 0.538. The third-order valence-corrected chi connectivity index (χ3v) is 2.86. The average molecular weight is 227 g/mol. The van der Waals surface area contributed by atoms with E-state index in [0.29, 0.717) is 18.4 Å². The summed E-state index contributed by atoms with van der Waals surface area (Å²) < 4.78 is 26.5. The Morgan fingerprint density at radius 2 is 1.69 bits per heavy atom. The molecule has 0 spiro atoms. The van der Waals surface area contributed by atoms with Crippen LogP contribution in [0.25, 0.3) is 0 Å². The van der Waals surface area contributed by atoms with E-state index in [4.69, 9.17) is 5.73 Å². The summed E-state index contributed by atoms with van der Waals surface area (Å²) in [5, 5.41) is 0. The van der Waals surface area contributed by atoms with E-state index in [1.807, 2.05) is 13.8 Å². The molecule has 0 radical (unpaired) electrons. The molecule has 2 N–H and O–H groups in total. The highest BCUT2D eigenvalue weighted by atomic mass is 19.1. The van der Waals surface area contributed by atoms with E-state index in [0.717, 1.165) is 18.9 Å². The molecule has 0 amide bonds. The van der Waals surface area contributed by atoms with Crippen LogP contribution in [0.4, 0.5) is 8.78 Å². The summed E-state index contributed by atoms with van der Waals surface area (Å²) in [6.07, 6.45) is 3.19. The van der Waals surface area contributed by atoms with Crippen LogP contribution in [0.2, 0.25) is 0 Å². The lowest BCUT2D eigenvalue weighted by molar-refractivity contribution is 0.353. The molecule has 0 aliphatic rings. The fourth-order valence-corrected chi connectivity index (χ4v) is 2.18. The van der Waals surface area contributed by atoms with Gasteiger partial charge in [-0.05, 0) is 18.9 Å². The largest absolute Gasteiger partial charge is 0.321 e. The predicted octanol–water partition coefficient (Wildman–Crippen LogP) is 3.72. The molecule has 0 bridgehead atoms. The van der Waals surface area contributed by atoms with Gasteiger partial charge in [0.25, 0.3) is 0 Å². The molecule has 1 rings (SSSR count). The van der Waals surface area contributed by atoms with Crippen molar-refractivity contribution in [2.75, 3.05) is 0 Å². The molecule has 0 saturated carbocycles. The topological polar surface area (TPSA) is 26.0 Å². The van der Waals surface area contributed by atoms with Crippen molar-refractivity contribution in [3.05, 3.63) is 35.4 Å². The third-order valence-electron chi connectivity index (χ3n) is 2.86. The van der Waals surface area contributed by atoms with Gasteiger partial charge >= 0.3 is 0 Å². The number of hydrogen-bond donors (Lipinski definition) is 1. The van der Waals surface area contributed by atoms with Gasteiger partial charge < -0.3 is 5.73 Å². The second-order valence-electron chi connectivity index (χ2n) is 4.28. The van der Waals surface area contributed by atoms with E-state index in [2.05, 4.69) is 0 Å². The molecule has 1 aromatic carbocycles. The smallest absolute Gasteiger partial charge is 0.131 e. The lowest BCUT2D eigenvalue weighted by Gasteiger charge is -2.30. The maximum absolute atomic E-state index is 13.7. The average Bonchev–Trinajstić information content (AvgIpc) is 2.17. The number of halogens is 2. The summed E-state index contributed by atoms with van der Waals surface area (Å²) in [6, 6.07) is 3.64. The summed E-state index contributed by atoms with van der Waals surface area (Å²) in [7, 11) is 0. The maximum Gasteiger partial charge on any atom is 0.131 e. The minimum absolute atomic E-state index is 0.428. The number of benzene rings is 1. The van der Waals surface area contributed by atoms with Crippen LogP contribution >= 0.6 is 0 Å². The minimum Gasteiger partial charge on any atom is -0.321 e. The Balaban J connectivity index is 3.10. The minimum atomic E-state index is -0.665. The zero-order chi connectivity index (χ0) is 12.2. The van der Waals surface area contributed by atoms with Gasteiger partial charge in [-0.15, -0.1) is 0 Å². The van der Waals surface area contributed by atoms with E-state index in [-0.39, 0.29) is 0 Å². The van der Waals surface area contributed by atoms with Crippen molar-refractivity contribution in [3.8, 4) is 0 Å². The van der Waals surface area contributed by atoms with E-state index in [9.17, 15) is 8.78 Å². The van der Waals surface area contributed by atoms with Gasteiger partial charge in [-0.3, -0.25) is 0 Å². The van der Waals surface area contributed by atoms with Crippen LogP contribution in [0.1, 0.15) is 45.1 Å². The molecule has 0 aliphatic heterocycles. The van der Waals surface area contributed by atoms with Gasteiger partial charge in [0.1, 0.15) is 11.6 Å². The van der Waals surface area contributed by atoms with Crippen LogP contribution in [0, 0.1) is 11.6 Å². The third kappa shape index (κ3) is 2.79. The Hall–Kier alpha value is -0.960. The van der Waals surface area contributed by atoms with Gasteiger partial charge in [0.05, 0.1) is 0 Å². The first kappa shape index (κ1) is 13.1. The van der Waals surface area contributed by atoms with Gasteiger partial charge in [-0.2, -0.15) is 0 Å². The number of nitrogens with two attached hydrogens (primary N) is 1. The summed E-state index contributed by atoms with van der Waals surface area (Å²) in [4.78, 5) is 0. The van der Waals surface area contributed by atoms with E-state index in [1.165, 1.54) is 12.1 Å². The molecule has 0 aromatic heterocycles. The predicted molar refractivity (Wildman–Crippen MR) is 62.0 cm³/mol. The van der Waals surface area contributed by atoms with Crippen molar-refractivity contribution in [1.29, 1.82) is 0 Å². The van der Waals surface area contributed by atoms with E-state index in [1.54, 1.807) is 0 Å². The summed E-state index contributed by atoms with van der Waals surface area (Å²) >= 11 is 0. The molecule has 90 valence electrons. The first-order valence-electron chi connectivity index (χ1n) is 5.78. The van der Waals surface area contributed by atoms with Crippen LogP contribution in [-0.4, -0.2) is 0 Å². The van der Waals surface area contributed by atoms with Crippen LogP contribution in [0.3, 0.4) is 0 Å². The lowest BCUT2D eigenvalue weighted by Crippen LogP contribution is -2.37. The Kier molecular flexibility index (Phi) is 4.42. The van der Waals surface area contributed by atoms with Crippen molar-refractivity contribution in [2.24, 2.45) is 5.73 Å². The Morgan fingerprint density at radius 3 is 2.12 bits per heavy atom. The first-order chi connectivity index (χ1) is 7.53. The van der Waals surface area contributed by atoms with Crippen molar-refractivity contribution < 1.29 is 8.78 Å². The van der Waals surface area contributed by atoms with Gasteiger partial charge in [-0.1, -0.05) is 32.8 Å². The van der Waals surface area contributed by atoms with E-state index < -0.39 is 17.2 Å². The highest BCUT2D eigenvalue weighted by Crippen LogP contribution is 2.30. The van der Waals surface area contributed by atoms with Crippen molar-refractivity contribution in [1.82, 2.24) is 0 Å². The molecular formula is C13H19F2N. The highest BCUT2D eigenvalue weighted by Gasteiger charge is 2.28. The lowest BCUT2D eigenvalue weighted by atomic mass is 9.82. The second kappa shape index (κ2) is 5.39. The molecule has 0 unspecified atom stereocenters. The number of hydrogen-bond acceptors (Lipinski definition) is 1. The summed E-state index contributed by atoms with van der Waals surface area (Å²) in [6.45, 7) is 4.03. The Morgan fingerprint density at radius 1 is 1.12 bits per heavy atom.